The molecular formula is C20H41NO4. The van der Waals surface area contributed by atoms with Gasteiger partial charge in [-0.15, -0.1) is 0 Å². The fourth-order valence-corrected chi connectivity index (χ4v) is 2.75. The van der Waals surface area contributed by atoms with E-state index in [1.54, 1.807) is 0 Å². The summed E-state index contributed by atoms with van der Waals surface area (Å²) in [5.41, 5.74) is 0. The van der Waals surface area contributed by atoms with Crippen LogP contribution in [0.1, 0.15) is 90.4 Å². The third-order valence-electron chi connectivity index (χ3n) is 4.49. The van der Waals surface area contributed by atoms with E-state index in [1.807, 2.05) is 0 Å². The van der Waals surface area contributed by atoms with Crippen molar-refractivity contribution in [1.82, 2.24) is 5.32 Å². The Bertz CT molecular complexity index is 283. The van der Waals surface area contributed by atoms with Crippen molar-refractivity contribution in [3.8, 4) is 0 Å². The molecule has 0 radical (unpaired) electrons. The van der Waals surface area contributed by atoms with Gasteiger partial charge in [-0.05, 0) is 6.42 Å². The summed E-state index contributed by atoms with van der Waals surface area (Å²) in [5.74, 6) is 0. The molecule has 0 aromatic rings. The maximum absolute atomic E-state index is 11.4. The van der Waals surface area contributed by atoms with Gasteiger partial charge in [0.15, 0.2) is 0 Å². The van der Waals surface area contributed by atoms with Crippen molar-refractivity contribution in [3.05, 3.63) is 0 Å². The predicted octanol–water partition coefficient (Wildman–Crippen LogP) is 4.81. The Balaban J connectivity index is 3.19. The standard InChI is InChI=1S/C20H41NO4/c1-3-4-5-6-7-8-9-10-11-12-13-14-15-16-21-20(23)25-18-19(17-22)24-2/h19,22H,3-18H2,1-2H3,(H,21,23). The maximum atomic E-state index is 11.4. The van der Waals surface area contributed by atoms with E-state index in [2.05, 4.69) is 12.2 Å². The van der Waals surface area contributed by atoms with Gasteiger partial charge in [0.05, 0.1) is 6.61 Å². The van der Waals surface area contributed by atoms with E-state index in [1.165, 1.54) is 77.7 Å². The molecule has 1 atom stereocenters. The van der Waals surface area contributed by atoms with Gasteiger partial charge in [0.25, 0.3) is 0 Å². The van der Waals surface area contributed by atoms with Crippen molar-refractivity contribution >= 4 is 6.09 Å². The zero-order valence-electron chi connectivity index (χ0n) is 16.6. The molecule has 0 aromatic heterocycles. The first kappa shape index (κ1) is 24.2. The summed E-state index contributed by atoms with van der Waals surface area (Å²) in [4.78, 5) is 11.4. The summed E-state index contributed by atoms with van der Waals surface area (Å²) in [5, 5.41) is 11.6. The third-order valence-corrected chi connectivity index (χ3v) is 4.49. The van der Waals surface area contributed by atoms with Crippen LogP contribution < -0.4 is 5.32 Å². The van der Waals surface area contributed by atoms with E-state index in [-0.39, 0.29) is 13.2 Å². The lowest BCUT2D eigenvalue weighted by atomic mass is 10.0. The second kappa shape index (κ2) is 19.5. The number of alkyl carbamates (subject to hydrolysis) is 1. The van der Waals surface area contributed by atoms with Crippen molar-refractivity contribution in [1.29, 1.82) is 0 Å². The SMILES string of the molecule is CCCCCCCCCCCCCCCNC(=O)OCC(CO)OC. The number of methoxy groups -OCH3 is 1. The summed E-state index contributed by atoms with van der Waals surface area (Å²) in [6, 6.07) is 0. The Labute approximate surface area is 154 Å². The molecule has 0 fully saturated rings. The lowest BCUT2D eigenvalue weighted by Gasteiger charge is -2.12. The number of nitrogens with one attached hydrogen (secondary N) is 1. The van der Waals surface area contributed by atoms with Gasteiger partial charge >= 0.3 is 6.09 Å². The summed E-state index contributed by atoms with van der Waals surface area (Å²) in [6.07, 6.45) is 16.2. The first-order valence-corrected chi connectivity index (χ1v) is 10.3. The topological polar surface area (TPSA) is 67.8 Å². The number of carbonyl (C=O) groups is 1. The number of aliphatic hydroxyl groups is 1. The molecule has 1 amide bonds. The molecule has 0 aliphatic carbocycles. The zero-order valence-corrected chi connectivity index (χ0v) is 16.6. The molecule has 0 rings (SSSR count). The van der Waals surface area contributed by atoms with Gasteiger partial charge in [0.2, 0.25) is 0 Å². The molecule has 0 aliphatic rings. The first-order chi connectivity index (χ1) is 12.2. The van der Waals surface area contributed by atoms with Gasteiger partial charge in [-0.2, -0.15) is 0 Å². The van der Waals surface area contributed by atoms with E-state index in [4.69, 9.17) is 14.6 Å². The van der Waals surface area contributed by atoms with Crippen LogP contribution in [0.25, 0.3) is 0 Å². The van der Waals surface area contributed by atoms with Crippen LogP contribution in [-0.4, -0.2) is 44.2 Å². The van der Waals surface area contributed by atoms with Crippen LogP contribution in [0.15, 0.2) is 0 Å². The first-order valence-electron chi connectivity index (χ1n) is 10.3. The number of hydrogen-bond donors (Lipinski definition) is 2. The van der Waals surface area contributed by atoms with Gasteiger partial charge < -0.3 is 19.9 Å². The fraction of sp³-hybridized carbons (Fsp3) is 0.950. The molecule has 0 saturated carbocycles. The summed E-state index contributed by atoms with van der Waals surface area (Å²) >= 11 is 0. The molecule has 0 aliphatic heterocycles. The van der Waals surface area contributed by atoms with E-state index >= 15 is 0 Å². The molecular weight excluding hydrogens is 318 g/mol. The maximum Gasteiger partial charge on any atom is 0.407 e. The molecule has 0 saturated heterocycles. The second-order valence-corrected chi connectivity index (χ2v) is 6.81. The Kier molecular flexibility index (Phi) is 18.9. The van der Waals surface area contributed by atoms with Crippen molar-refractivity contribution in [3.63, 3.8) is 0 Å². The van der Waals surface area contributed by atoms with Crippen LogP contribution in [0.4, 0.5) is 4.79 Å². The minimum atomic E-state index is -0.443. The lowest BCUT2D eigenvalue weighted by molar-refractivity contribution is 0.00177. The number of aliphatic hydroxyl groups excluding tert-OH is 1. The van der Waals surface area contributed by atoms with E-state index in [0.717, 1.165) is 12.8 Å². The molecule has 0 aromatic carbocycles. The average molecular weight is 360 g/mol. The Morgan fingerprint density at radius 2 is 1.36 bits per heavy atom. The summed E-state index contributed by atoms with van der Waals surface area (Å²) in [7, 11) is 1.48. The number of amides is 1. The normalized spacial score (nSPS) is 12.1. The summed E-state index contributed by atoms with van der Waals surface area (Å²) < 4.78 is 9.89. The Morgan fingerprint density at radius 3 is 1.80 bits per heavy atom. The highest BCUT2D eigenvalue weighted by molar-refractivity contribution is 5.67. The van der Waals surface area contributed by atoms with Crippen molar-refractivity contribution in [2.75, 3.05) is 26.9 Å². The fourth-order valence-electron chi connectivity index (χ4n) is 2.75. The minimum absolute atomic E-state index is 0.0808. The predicted molar refractivity (Wildman–Crippen MR) is 103 cm³/mol. The molecule has 5 heteroatoms. The summed E-state index contributed by atoms with van der Waals surface area (Å²) in [6.45, 7) is 2.84. The minimum Gasteiger partial charge on any atom is -0.447 e. The molecule has 0 bridgehead atoms. The molecule has 2 N–H and O–H groups in total. The van der Waals surface area contributed by atoms with Crippen LogP contribution in [0.3, 0.4) is 0 Å². The molecule has 150 valence electrons. The Hall–Kier alpha value is -0.810. The van der Waals surface area contributed by atoms with Gasteiger partial charge in [-0.25, -0.2) is 4.79 Å². The highest BCUT2D eigenvalue weighted by Gasteiger charge is 2.09. The van der Waals surface area contributed by atoms with Gasteiger partial charge in [-0.1, -0.05) is 84.0 Å². The van der Waals surface area contributed by atoms with Crippen LogP contribution in [0, 0.1) is 0 Å². The van der Waals surface area contributed by atoms with Gasteiger partial charge in [0.1, 0.15) is 12.7 Å². The van der Waals surface area contributed by atoms with E-state index in [9.17, 15) is 4.79 Å². The highest BCUT2D eigenvalue weighted by atomic mass is 16.6. The van der Waals surface area contributed by atoms with Crippen molar-refractivity contribution in [2.24, 2.45) is 0 Å². The Morgan fingerprint density at radius 1 is 0.880 bits per heavy atom. The smallest absolute Gasteiger partial charge is 0.407 e. The molecule has 5 nitrogen and oxygen atoms in total. The quantitative estimate of drug-likeness (QED) is 0.345. The third kappa shape index (κ3) is 17.8. The number of unbranched alkanes of at least 4 members (excludes halogenated alkanes) is 12. The molecule has 1 unspecified atom stereocenters. The number of hydrogen-bond acceptors (Lipinski definition) is 4. The van der Waals surface area contributed by atoms with E-state index < -0.39 is 12.2 Å². The zero-order chi connectivity index (χ0) is 18.6. The molecule has 0 spiro atoms. The van der Waals surface area contributed by atoms with Crippen molar-refractivity contribution < 1.29 is 19.4 Å². The second-order valence-electron chi connectivity index (χ2n) is 6.81. The monoisotopic (exact) mass is 359 g/mol. The highest BCUT2D eigenvalue weighted by Crippen LogP contribution is 2.12. The number of rotatable bonds is 18. The van der Waals surface area contributed by atoms with Crippen LogP contribution in [-0.2, 0) is 9.47 Å². The average Bonchev–Trinajstić information content (AvgIpc) is 2.62. The van der Waals surface area contributed by atoms with Crippen LogP contribution >= 0.6 is 0 Å². The van der Waals surface area contributed by atoms with Crippen LogP contribution in [0.2, 0.25) is 0 Å². The van der Waals surface area contributed by atoms with Crippen molar-refractivity contribution in [2.45, 2.75) is 96.5 Å². The van der Waals surface area contributed by atoms with Gasteiger partial charge in [-0.3, -0.25) is 0 Å². The lowest BCUT2D eigenvalue weighted by Crippen LogP contribution is -2.30. The molecule has 25 heavy (non-hydrogen) atoms. The van der Waals surface area contributed by atoms with Crippen LogP contribution in [0.5, 0.6) is 0 Å². The largest absolute Gasteiger partial charge is 0.447 e. The number of carbonyl (C=O) groups excluding carboxylic acids is 1. The van der Waals surface area contributed by atoms with Gasteiger partial charge in [0, 0.05) is 13.7 Å². The van der Waals surface area contributed by atoms with E-state index in [0.29, 0.717) is 6.54 Å². The molecule has 0 heterocycles. The number of ether oxygens (including phenoxy) is 2.